The summed E-state index contributed by atoms with van der Waals surface area (Å²) < 4.78 is 44.9. The molecular formula is C29H35N3O7S. The third-order valence-corrected chi connectivity index (χ3v) is 8.23. The molecule has 1 unspecified atom stereocenters. The molecule has 0 bridgehead atoms. The summed E-state index contributed by atoms with van der Waals surface area (Å²) >= 11 is 0. The average molecular weight is 570 g/mol. The Morgan fingerprint density at radius 2 is 1.57 bits per heavy atom. The first-order chi connectivity index (χ1) is 19.0. The fourth-order valence-corrected chi connectivity index (χ4v) is 5.51. The number of aryl methyl sites for hydroxylation is 1. The van der Waals surface area contributed by atoms with Gasteiger partial charge in [0, 0.05) is 19.7 Å². The van der Waals surface area contributed by atoms with Gasteiger partial charge in [0.1, 0.15) is 18.3 Å². The highest BCUT2D eigenvalue weighted by Gasteiger charge is 2.32. The predicted octanol–water partition coefficient (Wildman–Crippen LogP) is 3.38. The molecule has 0 aliphatic carbocycles. The van der Waals surface area contributed by atoms with E-state index in [-0.39, 0.29) is 17.1 Å². The number of carbonyl (C=O) groups excluding carboxylic acids is 2. The molecule has 3 aromatic carbocycles. The van der Waals surface area contributed by atoms with Crippen LogP contribution in [0.5, 0.6) is 17.2 Å². The number of nitrogens with one attached hydrogen (secondary N) is 1. The van der Waals surface area contributed by atoms with E-state index in [0.29, 0.717) is 22.8 Å². The van der Waals surface area contributed by atoms with E-state index >= 15 is 0 Å². The van der Waals surface area contributed by atoms with Crippen molar-refractivity contribution in [1.29, 1.82) is 0 Å². The maximum Gasteiger partial charge on any atom is 0.264 e. The molecule has 0 radical (unpaired) electrons. The van der Waals surface area contributed by atoms with Gasteiger partial charge in [-0.3, -0.25) is 13.9 Å². The molecule has 1 atom stereocenters. The van der Waals surface area contributed by atoms with Crippen molar-refractivity contribution < 1.29 is 32.2 Å². The van der Waals surface area contributed by atoms with Crippen molar-refractivity contribution in [3.05, 3.63) is 77.9 Å². The molecule has 2 amide bonds. The number of sulfonamides is 1. The van der Waals surface area contributed by atoms with Crippen LogP contribution in [0.15, 0.2) is 71.6 Å². The van der Waals surface area contributed by atoms with E-state index in [2.05, 4.69) is 5.32 Å². The zero-order valence-corrected chi connectivity index (χ0v) is 24.3. The fraction of sp³-hybridized carbons (Fsp3) is 0.310. The van der Waals surface area contributed by atoms with E-state index in [4.69, 9.17) is 14.2 Å². The molecule has 3 aromatic rings. The van der Waals surface area contributed by atoms with Gasteiger partial charge in [0.25, 0.3) is 10.0 Å². The Hall–Kier alpha value is -4.25. The lowest BCUT2D eigenvalue weighted by molar-refractivity contribution is -0.139. The zero-order chi connectivity index (χ0) is 29.4. The fourth-order valence-electron chi connectivity index (χ4n) is 4.11. The minimum Gasteiger partial charge on any atom is -0.497 e. The number of anilines is 1. The van der Waals surface area contributed by atoms with E-state index in [1.807, 2.05) is 6.92 Å². The number of benzene rings is 3. The van der Waals surface area contributed by atoms with Gasteiger partial charge in [-0.2, -0.15) is 0 Å². The van der Waals surface area contributed by atoms with Gasteiger partial charge in [0.15, 0.2) is 11.5 Å². The number of hydrogen-bond acceptors (Lipinski definition) is 7. The van der Waals surface area contributed by atoms with Crippen molar-refractivity contribution in [1.82, 2.24) is 10.2 Å². The van der Waals surface area contributed by atoms with Crippen LogP contribution < -0.4 is 23.8 Å². The molecule has 11 heteroatoms. The Morgan fingerprint density at radius 1 is 0.900 bits per heavy atom. The van der Waals surface area contributed by atoms with Crippen molar-refractivity contribution >= 4 is 27.5 Å². The second-order valence-corrected chi connectivity index (χ2v) is 10.9. The van der Waals surface area contributed by atoms with E-state index in [9.17, 15) is 18.0 Å². The number of amides is 2. The largest absolute Gasteiger partial charge is 0.497 e. The number of methoxy groups -OCH3 is 3. The van der Waals surface area contributed by atoms with Gasteiger partial charge in [0.2, 0.25) is 11.8 Å². The number of ether oxygens (including phenoxy) is 3. The summed E-state index contributed by atoms with van der Waals surface area (Å²) in [4.78, 5) is 27.9. The summed E-state index contributed by atoms with van der Waals surface area (Å²) in [6.45, 7) is 2.92. The second-order valence-electron chi connectivity index (χ2n) is 9.03. The Balaban J connectivity index is 2.09. The number of nitrogens with zero attached hydrogens (tertiary/aromatic N) is 2. The van der Waals surface area contributed by atoms with Gasteiger partial charge in [-0.25, -0.2) is 8.42 Å². The van der Waals surface area contributed by atoms with Crippen LogP contribution in [0.25, 0.3) is 0 Å². The molecule has 0 fully saturated rings. The molecule has 0 aliphatic heterocycles. The number of rotatable bonds is 12. The van der Waals surface area contributed by atoms with Gasteiger partial charge >= 0.3 is 0 Å². The van der Waals surface area contributed by atoms with E-state index < -0.39 is 34.4 Å². The standard InChI is InChI=1S/C29H35N3O7S/c1-20-10-13-25(14-11-20)40(35,36)32(23-12-15-26(38-5)27(17-23)39-6)19-28(33)31(21(2)29(34)30-3)18-22-8-7-9-24(16-22)37-4/h7-17,21H,18-19H2,1-6H3,(H,30,34). The molecule has 10 nitrogen and oxygen atoms in total. The highest BCUT2D eigenvalue weighted by Crippen LogP contribution is 2.34. The number of likely N-dealkylation sites (N-methyl/N-ethyl adjacent to an activating group) is 1. The van der Waals surface area contributed by atoms with Crippen molar-refractivity contribution in [3.8, 4) is 17.2 Å². The molecule has 0 saturated heterocycles. The Morgan fingerprint density at radius 3 is 2.17 bits per heavy atom. The highest BCUT2D eigenvalue weighted by molar-refractivity contribution is 7.92. The van der Waals surface area contributed by atoms with Crippen LogP contribution in [-0.4, -0.2) is 66.1 Å². The first kappa shape index (κ1) is 30.3. The Kier molecular flexibility index (Phi) is 10.0. The lowest BCUT2D eigenvalue weighted by Crippen LogP contribution is -2.50. The lowest BCUT2D eigenvalue weighted by Gasteiger charge is -2.32. The van der Waals surface area contributed by atoms with E-state index in [1.54, 1.807) is 49.4 Å². The molecule has 3 rings (SSSR count). The maximum absolute atomic E-state index is 13.9. The third kappa shape index (κ3) is 6.84. The quantitative estimate of drug-likeness (QED) is 0.356. The first-order valence-corrected chi connectivity index (χ1v) is 13.9. The molecule has 0 aliphatic rings. The summed E-state index contributed by atoms with van der Waals surface area (Å²) in [5.74, 6) is 0.313. The van der Waals surface area contributed by atoms with Gasteiger partial charge in [-0.1, -0.05) is 29.8 Å². The number of carbonyl (C=O) groups is 2. The Bertz CT molecular complexity index is 1440. The molecule has 214 valence electrons. The second kappa shape index (κ2) is 13.2. The summed E-state index contributed by atoms with van der Waals surface area (Å²) in [7, 11) is 1.71. The predicted molar refractivity (Wildman–Crippen MR) is 152 cm³/mol. The van der Waals surface area contributed by atoms with Crippen LogP contribution in [0.2, 0.25) is 0 Å². The van der Waals surface area contributed by atoms with Crippen LogP contribution in [0.1, 0.15) is 18.1 Å². The van der Waals surface area contributed by atoms with Crippen molar-refractivity contribution in [2.45, 2.75) is 31.3 Å². The van der Waals surface area contributed by atoms with Crippen molar-refractivity contribution in [2.75, 3.05) is 39.2 Å². The summed E-state index contributed by atoms with van der Waals surface area (Å²) in [5, 5.41) is 2.56. The van der Waals surface area contributed by atoms with E-state index in [0.717, 1.165) is 9.87 Å². The third-order valence-electron chi connectivity index (χ3n) is 6.44. The van der Waals surface area contributed by atoms with Crippen LogP contribution >= 0.6 is 0 Å². The molecule has 1 N–H and O–H groups in total. The Labute approximate surface area is 235 Å². The normalized spacial score (nSPS) is 11.8. The van der Waals surface area contributed by atoms with Crippen molar-refractivity contribution in [2.24, 2.45) is 0 Å². The molecule has 0 spiro atoms. The minimum atomic E-state index is -4.21. The number of hydrogen-bond donors (Lipinski definition) is 1. The van der Waals surface area contributed by atoms with Gasteiger partial charge in [0.05, 0.1) is 31.9 Å². The molecule has 0 aromatic heterocycles. The molecule has 0 saturated carbocycles. The summed E-state index contributed by atoms with van der Waals surface area (Å²) in [6, 6.07) is 17.2. The SMILES string of the molecule is CNC(=O)C(C)N(Cc1cccc(OC)c1)C(=O)CN(c1ccc(OC)c(OC)c1)S(=O)(=O)c1ccc(C)cc1. The van der Waals surface area contributed by atoms with Gasteiger partial charge < -0.3 is 24.4 Å². The average Bonchev–Trinajstić information content (AvgIpc) is 2.97. The topological polar surface area (TPSA) is 114 Å². The van der Waals surface area contributed by atoms with Gasteiger partial charge in [-0.15, -0.1) is 0 Å². The first-order valence-electron chi connectivity index (χ1n) is 12.5. The van der Waals surface area contributed by atoms with Crippen LogP contribution in [-0.2, 0) is 26.2 Å². The van der Waals surface area contributed by atoms with Gasteiger partial charge in [-0.05, 0) is 55.8 Å². The summed E-state index contributed by atoms with van der Waals surface area (Å²) in [5.41, 5.74) is 1.79. The van der Waals surface area contributed by atoms with Crippen LogP contribution in [0, 0.1) is 6.92 Å². The smallest absolute Gasteiger partial charge is 0.264 e. The lowest BCUT2D eigenvalue weighted by atomic mass is 10.1. The van der Waals surface area contributed by atoms with Crippen LogP contribution in [0.4, 0.5) is 5.69 Å². The summed E-state index contributed by atoms with van der Waals surface area (Å²) in [6.07, 6.45) is 0. The minimum absolute atomic E-state index is 0.0133. The molecule has 40 heavy (non-hydrogen) atoms. The zero-order valence-electron chi connectivity index (χ0n) is 23.5. The molecule has 0 heterocycles. The monoisotopic (exact) mass is 569 g/mol. The maximum atomic E-state index is 13.9. The van der Waals surface area contributed by atoms with E-state index in [1.165, 1.54) is 57.5 Å². The van der Waals surface area contributed by atoms with Crippen LogP contribution in [0.3, 0.4) is 0 Å². The van der Waals surface area contributed by atoms with Crippen molar-refractivity contribution in [3.63, 3.8) is 0 Å². The molecular weight excluding hydrogens is 534 g/mol. The highest BCUT2D eigenvalue weighted by atomic mass is 32.2.